The lowest BCUT2D eigenvalue weighted by Crippen LogP contribution is -1.89. The van der Waals surface area contributed by atoms with Crippen LogP contribution in [0, 0.1) is 0 Å². The van der Waals surface area contributed by atoms with Crippen LogP contribution in [-0.4, -0.2) is 16.1 Å². The molecule has 116 valence electrons. The molecule has 0 aliphatic rings. The summed E-state index contributed by atoms with van der Waals surface area (Å²) in [6.45, 7) is 0. The van der Waals surface area contributed by atoms with Crippen LogP contribution >= 0.6 is 11.3 Å². The Kier molecular flexibility index (Phi) is 3.59. The van der Waals surface area contributed by atoms with Crippen molar-refractivity contribution in [2.45, 2.75) is 0 Å². The molecule has 2 aromatic heterocycles. The van der Waals surface area contributed by atoms with E-state index < -0.39 is 5.97 Å². The highest BCUT2D eigenvalue weighted by atomic mass is 32.1. The predicted molar refractivity (Wildman–Crippen MR) is 97.5 cm³/mol. The largest absolute Gasteiger partial charge is 0.477 e. The van der Waals surface area contributed by atoms with Gasteiger partial charge in [-0.2, -0.15) is 0 Å². The third kappa shape index (κ3) is 2.68. The first-order valence-corrected chi connectivity index (χ1v) is 8.32. The molecule has 0 spiro atoms. The highest BCUT2D eigenvalue weighted by Gasteiger charge is 2.10. The third-order valence-electron chi connectivity index (χ3n) is 3.87. The molecule has 1 N–H and O–H groups in total. The van der Waals surface area contributed by atoms with E-state index in [9.17, 15) is 4.79 Å². The molecule has 0 radical (unpaired) electrons. The van der Waals surface area contributed by atoms with Crippen LogP contribution in [0.1, 0.15) is 9.67 Å². The predicted octanol–water partition coefficient (Wildman–Crippen LogP) is 5.33. The number of hydrogen-bond donors (Lipinski definition) is 1. The molecule has 4 rings (SSSR count). The Labute approximate surface area is 142 Å². The van der Waals surface area contributed by atoms with Gasteiger partial charge in [-0.25, -0.2) is 9.78 Å². The Hall–Kier alpha value is -2.98. The fourth-order valence-corrected chi connectivity index (χ4v) is 3.49. The van der Waals surface area contributed by atoms with Gasteiger partial charge < -0.3 is 5.11 Å². The molecule has 0 unspecified atom stereocenters. The highest BCUT2D eigenvalue weighted by Crippen LogP contribution is 2.28. The van der Waals surface area contributed by atoms with Gasteiger partial charge in [0.15, 0.2) is 0 Å². The van der Waals surface area contributed by atoms with Gasteiger partial charge in [0.2, 0.25) is 0 Å². The van der Waals surface area contributed by atoms with Gasteiger partial charge >= 0.3 is 5.97 Å². The Morgan fingerprint density at radius 3 is 2.21 bits per heavy atom. The normalized spacial score (nSPS) is 10.8. The molecule has 4 aromatic rings. The summed E-state index contributed by atoms with van der Waals surface area (Å²) in [6.07, 6.45) is 0. The number of pyridine rings is 1. The van der Waals surface area contributed by atoms with Crippen molar-refractivity contribution in [1.29, 1.82) is 0 Å². The molecule has 0 saturated carbocycles. The molecule has 2 heterocycles. The molecular weight excluding hydrogens is 318 g/mol. The second-order valence-electron chi connectivity index (χ2n) is 5.44. The van der Waals surface area contributed by atoms with Crippen molar-refractivity contribution in [1.82, 2.24) is 4.98 Å². The highest BCUT2D eigenvalue weighted by molar-refractivity contribution is 7.20. The van der Waals surface area contributed by atoms with Crippen LogP contribution in [0.5, 0.6) is 0 Å². The lowest BCUT2D eigenvalue weighted by atomic mass is 10.0. The minimum Gasteiger partial charge on any atom is -0.477 e. The van der Waals surface area contributed by atoms with Crippen LogP contribution in [0.25, 0.3) is 32.6 Å². The van der Waals surface area contributed by atoms with E-state index in [0.717, 1.165) is 27.0 Å². The van der Waals surface area contributed by atoms with Crippen LogP contribution in [-0.2, 0) is 0 Å². The number of aromatic nitrogens is 1. The van der Waals surface area contributed by atoms with E-state index in [0.29, 0.717) is 4.88 Å². The van der Waals surface area contributed by atoms with E-state index in [2.05, 4.69) is 29.2 Å². The van der Waals surface area contributed by atoms with Crippen molar-refractivity contribution < 1.29 is 9.90 Å². The lowest BCUT2D eigenvalue weighted by molar-refractivity contribution is 0.0702. The van der Waals surface area contributed by atoms with Crippen LogP contribution in [0.3, 0.4) is 0 Å². The van der Waals surface area contributed by atoms with Gasteiger partial charge in [-0.1, -0.05) is 54.6 Å². The molecule has 2 aromatic carbocycles. The maximum absolute atomic E-state index is 11.1. The summed E-state index contributed by atoms with van der Waals surface area (Å²) in [4.78, 5) is 16.0. The van der Waals surface area contributed by atoms with Crippen LogP contribution in [0.15, 0.2) is 72.8 Å². The minimum atomic E-state index is -0.910. The number of fused-ring (bicyclic) bond motifs is 1. The summed E-state index contributed by atoms with van der Waals surface area (Å²) in [5, 5.41) is 9.09. The van der Waals surface area contributed by atoms with Gasteiger partial charge in [0, 0.05) is 5.56 Å². The molecule has 0 fully saturated rings. The fraction of sp³-hybridized carbons (Fsp3) is 0. The van der Waals surface area contributed by atoms with Crippen LogP contribution in [0.4, 0.5) is 0 Å². The maximum Gasteiger partial charge on any atom is 0.345 e. The zero-order valence-electron chi connectivity index (χ0n) is 12.6. The van der Waals surface area contributed by atoms with Crippen LogP contribution in [0.2, 0.25) is 0 Å². The zero-order chi connectivity index (χ0) is 16.5. The van der Waals surface area contributed by atoms with Crippen molar-refractivity contribution in [3.05, 3.63) is 77.7 Å². The molecule has 0 atom stereocenters. The lowest BCUT2D eigenvalue weighted by Gasteiger charge is -2.04. The van der Waals surface area contributed by atoms with E-state index in [1.165, 1.54) is 16.9 Å². The number of hydrogen-bond acceptors (Lipinski definition) is 3. The van der Waals surface area contributed by atoms with Crippen molar-refractivity contribution in [3.8, 4) is 22.4 Å². The Bertz CT molecular complexity index is 1020. The standard InChI is InChI=1S/C20H13NO2S/c22-20(23)19-12-17-18(24-19)11-10-16(21-17)15-8-6-14(7-9-15)13-4-2-1-3-5-13/h1-12H,(H,22,23). The molecule has 3 nitrogen and oxygen atoms in total. The van der Waals surface area contributed by atoms with Crippen molar-refractivity contribution in [2.24, 2.45) is 0 Å². The number of carboxylic acid groups (broad SMARTS) is 1. The van der Waals surface area contributed by atoms with Gasteiger partial charge in [0.1, 0.15) is 4.88 Å². The van der Waals surface area contributed by atoms with Gasteiger partial charge in [-0.05, 0) is 29.3 Å². The van der Waals surface area contributed by atoms with Gasteiger partial charge in [-0.15, -0.1) is 11.3 Å². The van der Waals surface area contributed by atoms with Crippen molar-refractivity contribution in [2.75, 3.05) is 0 Å². The van der Waals surface area contributed by atoms with E-state index in [4.69, 9.17) is 5.11 Å². The van der Waals surface area contributed by atoms with Gasteiger partial charge in [-0.3, -0.25) is 0 Å². The Balaban J connectivity index is 1.70. The number of rotatable bonds is 3. The minimum absolute atomic E-state index is 0.314. The first kappa shape index (κ1) is 14.6. The van der Waals surface area contributed by atoms with Crippen molar-refractivity contribution >= 4 is 27.5 Å². The summed E-state index contributed by atoms with van der Waals surface area (Å²) in [6, 6.07) is 23.9. The van der Waals surface area contributed by atoms with Crippen LogP contribution < -0.4 is 0 Å². The fourth-order valence-electron chi connectivity index (χ4n) is 2.65. The SMILES string of the molecule is O=C(O)c1cc2nc(-c3ccc(-c4ccccc4)cc3)ccc2s1. The topological polar surface area (TPSA) is 50.2 Å². The second-order valence-corrected chi connectivity index (χ2v) is 6.52. The van der Waals surface area contributed by atoms with Crippen molar-refractivity contribution in [3.63, 3.8) is 0 Å². The quantitative estimate of drug-likeness (QED) is 0.552. The molecule has 24 heavy (non-hydrogen) atoms. The average molecular weight is 331 g/mol. The van der Waals surface area contributed by atoms with Gasteiger partial charge in [0.05, 0.1) is 15.9 Å². The molecule has 0 aliphatic heterocycles. The molecule has 0 bridgehead atoms. The molecule has 0 aliphatic carbocycles. The first-order chi connectivity index (χ1) is 11.7. The monoisotopic (exact) mass is 331 g/mol. The summed E-state index contributed by atoms with van der Waals surface area (Å²) >= 11 is 1.25. The number of nitrogens with zero attached hydrogens (tertiary/aromatic N) is 1. The summed E-state index contributed by atoms with van der Waals surface area (Å²) < 4.78 is 0.886. The van der Waals surface area contributed by atoms with E-state index in [-0.39, 0.29) is 0 Å². The maximum atomic E-state index is 11.1. The molecule has 4 heteroatoms. The summed E-state index contributed by atoms with van der Waals surface area (Å²) in [5.41, 5.74) is 4.92. The van der Waals surface area contributed by atoms with Gasteiger partial charge in [0.25, 0.3) is 0 Å². The molecule has 0 saturated heterocycles. The smallest absolute Gasteiger partial charge is 0.345 e. The molecular formula is C20H13NO2S. The number of aromatic carboxylic acids is 1. The third-order valence-corrected chi connectivity index (χ3v) is 4.95. The second kappa shape index (κ2) is 5.91. The van der Waals surface area contributed by atoms with E-state index >= 15 is 0 Å². The van der Waals surface area contributed by atoms with E-state index in [1.54, 1.807) is 6.07 Å². The number of thiophene rings is 1. The number of carbonyl (C=O) groups is 1. The average Bonchev–Trinajstić information content (AvgIpc) is 3.06. The molecule has 0 amide bonds. The zero-order valence-corrected chi connectivity index (χ0v) is 13.5. The van der Waals surface area contributed by atoms with E-state index in [1.807, 2.05) is 42.5 Å². The number of benzene rings is 2. The Morgan fingerprint density at radius 2 is 1.50 bits per heavy atom. The summed E-state index contributed by atoms with van der Waals surface area (Å²) in [5.74, 6) is -0.910. The Morgan fingerprint density at radius 1 is 0.833 bits per heavy atom. The number of carboxylic acids is 1. The summed E-state index contributed by atoms with van der Waals surface area (Å²) in [7, 11) is 0. The first-order valence-electron chi connectivity index (χ1n) is 7.50.